The van der Waals surface area contributed by atoms with Crippen molar-refractivity contribution in [2.75, 3.05) is 0 Å². The van der Waals surface area contributed by atoms with Crippen LogP contribution in [0, 0.1) is 128 Å². The van der Waals surface area contributed by atoms with Crippen LogP contribution in [0.5, 0.6) is 0 Å². The standard InChI is InChI=1S/C24BF20.C19H15N2/c26-5-1(6(27)14(35)21(42)13(5)34)25(2-7(28)15(36)22(43)16(37)8(2)29,3-9(30)17(38)23(44)18(39)10(3)31)4-11(32)19(40)24(45)20(41)12(4)33;20-14-16-6-8-18(9-7-16)19-10-12-21(13-11-19)15-17-4-2-1-3-5-17/h;1-13H,15H2/q-1;+1. The third kappa shape index (κ3) is 7.72. The third-order valence-corrected chi connectivity index (χ3v) is 10.2. The predicted molar refractivity (Wildman–Crippen MR) is 192 cm³/mol. The van der Waals surface area contributed by atoms with Crippen LogP contribution in [0.1, 0.15) is 11.1 Å². The number of halogens is 20. The smallest absolute Gasteiger partial charge is 0.200 e. The molecule has 0 spiro atoms. The summed E-state index contributed by atoms with van der Waals surface area (Å²) in [5.41, 5.74) is -10.1. The van der Waals surface area contributed by atoms with Gasteiger partial charge in [-0.2, -0.15) is 5.26 Å². The van der Waals surface area contributed by atoms with Crippen molar-refractivity contribution in [2.24, 2.45) is 0 Å². The van der Waals surface area contributed by atoms with Gasteiger partial charge in [0.25, 0.3) is 0 Å². The van der Waals surface area contributed by atoms with Crippen LogP contribution >= 0.6 is 0 Å². The molecule has 0 radical (unpaired) electrons. The van der Waals surface area contributed by atoms with Crippen LogP contribution in [0.4, 0.5) is 87.8 Å². The second-order valence-electron chi connectivity index (χ2n) is 13.7. The van der Waals surface area contributed by atoms with Crippen molar-refractivity contribution in [3.63, 3.8) is 0 Å². The van der Waals surface area contributed by atoms with Gasteiger partial charge in [0.05, 0.1) is 11.6 Å². The molecule has 7 aromatic rings. The minimum atomic E-state index is -7.22. The minimum absolute atomic E-state index is 0.689. The van der Waals surface area contributed by atoms with E-state index >= 15 is 35.1 Å². The molecule has 1 aromatic heterocycles. The summed E-state index contributed by atoms with van der Waals surface area (Å²) in [5.74, 6) is -71.4. The topological polar surface area (TPSA) is 27.7 Å². The highest BCUT2D eigenvalue weighted by atomic mass is 19.2. The van der Waals surface area contributed by atoms with E-state index in [-0.39, 0.29) is 0 Å². The zero-order chi connectivity index (χ0) is 48.8. The van der Waals surface area contributed by atoms with Gasteiger partial charge in [0.1, 0.15) is 52.7 Å². The normalized spacial score (nSPS) is 11.4. The number of rotatable bonds is 7. The molecule has 0 atom stereocenters. The molecule has 1 heterocycles. The van der Waals surface area contributed by atoms with Crippen molar-refractivity contribution in [3.8, 4) is 17.2 Å². The van der Waals surface area contributed by atoms with Crippen LogP contribution in [0.3, 0.4) is 0 Å². The van der Waals surface area contributed by atoms with Gasteiger partial charge in [0.15, 0.2) is 88.7 Å². The lowest BCUT2D eigenvalue weighted by atomic mass is 9.12. The predicted octanol–water partition coefficient (Wildman–Crippen LogP) is 9.41. The summed E-state index contributed by atoms with van der Waals surface area (Å²) >= 11 is 0. The Morgan fingerprint density at radius 3 is 0.864 bits per heavy atom. The molecule has 6 aromatic carbocycles. The Kier molecular flexibility index (Phi) is 13.3. The summed E-state index contributed by atoms with van der Waals surface area (Å²) in [4.78, 5) is 0. The van der Waals surface area contributed by atoms with Gasteiger partial charge in [-0.1, -0.05) is 42.5 Å². The van der Waals surface area contributed by atoms with Crippen molar-refractivity contribution >= 4 is 28.0 Å². The largest absolute Gasteiger partial charge is 0.207 e. The quantitative estimate of drug-likeness (QED) is 0.0515. The van der Waals surface area contributed by atoms with Gasteiger partial charge in [0, 0.05) is 17.7 Å². The number of hydrogen-bond acceptors (Lipinski definition) is 1. The lowest BCUT2D eigenvalue weighted by Crippen LogP contribution is -2.81. The second kappa shape index (κ2) is 18.2. The van der Waals surface area contributed by atoms with Gasteiger partial charge < -0.3 is 0 Å². The van der Waals surface area contributed by atoms with Gasteiger partial charge in [-0.05, 0) is 23.3 Å². The molecule has 2 nitrogen and oxygen atoms in total. The lowest BCUT2D eigenvalue weighted by Gasteiger charge is -2.44. The van der Waals surface area contributed by atoms with E-state index in [0.29, 0.717) is 5.56 Å². The molecule has 0 N–H and O–H groups in total. The van der Waals surface area contributed by atoms with Gasteiger partial charge in [-0.15, -0.1) is 21.9 Å². The van der Waals surface area contributed by atoms with E-state index < -0.39 is 144 Å². The maximum atomic E-state index is 15.4. The lowest BCUT2D eigenvalue weighted by molar-refractivity contribution is -0.688. The Morgan fingerprint density at radius 1 is 0.333 bits per heavy atom. The van der Waals surface area contributed by atoms with Crippen molar-refractivity contribution in [2.45, 2.75) is 6.54 Å². The van der Waals surface area contributed by atoms with E-state index in [1.807, 2.05) is 30.3 Å². The highest BCUT2D eigenvalue weighted by Gasteiger charge is 2.52. The fourth-order valence-electron chi connectivity index (χ4n) is 7.16. The summed E-state index contributed by atoms with van der Waals surface area (Å²) in [6, 6.07) is 24.4. The van der Waals surface area contributed by atoms with Gasteiger partial charge >= 0.3 is 0 Å². The molecule has 0 bridgehead atoms. The molecule has 0 fully saturated rings. The van der Waals surface area contributed by atoms with Gasteiger partial charge in [0.2, 0.25) is 0 Å². The molecule has 66 heavy (non-hydrogen) atoms. The highest BCUT2D eigenvalue weighted by Crippen LogP contribution is 2.31. The molecule has 0 aliphatic heterocycles. The summed E-state index contributed by atoms with van der Waals surface area (Å²) in [5, 5.41) is 8.82. The van der Waals surface area contributed by atoms with Crippen molar-refractivity contribution in [3.05, 3.63) is 207 Å². The molecule has 0 saturated carbocycles. The molecular weight excluding hydrogens is 935 g/mol. The molecule has 7 rings (SSSR count). The first-order chi connectivity index (χ1) is 31.0. The zero-order valence-electron chi connectivity index (χ0n) is 31.7. The summed E-state index contributed by atoms with van der Waals surface area (Å²) in [6.07, 6.45) is -3.05. The molecule has 0 amide bonds. The molecule has 0 saturated heterocycles. The molecule has 0 aliphatic rings. The van der Waals surface area contributed by atoms with E-state index in [1.165, 1.54) is 5.56 Å². The Morgan fingerprint density at radius 2 is 0.591 bits per heavy atom. The number of hydrogen-bond donors (Lipinski definition) is 0. The van der Waals surface area contributed by atoms with Gasteiger partial charge in [-0.3, -0.25) is 0 Å². The van der Waals surface area contributed by atoms with E-state index in [0.717, 1.165) is 17.7 Å². The molecule has 340 valence electrons. The number of aromatic nitrogens is 1. The van der Waals surface area contributed by atoms with Crippen molar-refractivity contribution in [1.82, 2.24) is 0 Å². The van der Waals surface area contributed by atoms with Crippen molar-refractivity contribution in [1.29, 1.82) is 5.26 Å². The Balaban J connectivity index is 0.000000284. The second-order valence-corrected chi connectivity index (χ2v) is 13.7. The van der Waals surface area contributed by atoms with Crippen LogP contribution in [0.15, 0.2) is 79.1 Å². The van der Waals surface area contributed by atoms with Gasteiger partial charge in [-0.25, -0.2) is 92.4 Å². The zero-order valence-corrected chi connectivity index (χ0v) is 31.7. The first kappa shape index (κ1) is 48.1. The maximum absolute atomic E-state index is 15.4. The summed E-state index contributed by atoms with van der Waals surface area (Å²) in [7, 11) is 0. The Hall–Kier alpha value is -7.38. The molecule has 0 aliphatic carbocycles. The molecule has 0 unspecified atom stereocenters. The van der Waals surface area contributed by atoms with E-state index in [4.69, 9.17) is 5.26 Å². The van der Waals surface area contributed by atoms with Crippen LogP contribution in [0.2, 0.25) is 0 Å². The average molecular weight is 950 g/mol. The highest BCUT2D eigenvalue weighted by molar-refractivity contribution is 7.20. The number of nitrogens with zero attached hydrogens (tertiary/aromatic N) is 2. The van der Waals surface area contributed by atoms with Crippen LogP contribution < -0.4 is 26.4 Å². The summed E-state index contributed by atoms with van der Waals surface area (Å²) in [6.45, 7) is 0.870. The number of nitriles is 1. The monoisotopic (exact) mass is 950 g/mol. The van der Waals surface area contributed by atoms with Crippen LogP contribution in [0.25, 0.3) is 11.1 Å². The molecular formula is C43H15BF20N2. The van der Waals surface area contributed by atoms with E-state index in [9.17, 15) is 52.7 Å². The van der Waals surface area contributed by atoms with Crippen LogP contribution in [-0.2, 0) is 6.54 Å². The SMILES string of the molecule is Fc1c(F)c(F)c([B-](c2c(F)c(F)c(F)c(F)c2F)(c2c(F)c(F)c(F)c(F)c2F)c2c(F)c(F)c(F)c(F)c2F)c(F)c1F.N#Cc1ccc(-c2cc[n+](Cc3ccccc3)cc2)cc1. The number of benzene rings is 6. The third-order valence-electron chi connectivity index (χ3n) is 10.2. The maximum Gasteiger partial charge on any atom is 0.200 e. The Labute approximate surface area is 355 Å². The van der Waals surface area contributed by atoms with Crippen LogP contribution in [-0.4, -0.2) is 6.15 Å². The fraction of sp³-hybridized carbons (Fsp3) is 0.0233. The first-order valence-corrected chi connectivity index (χ1v) is 17.8. The van der Waals surface area contributed by atoms with E-state index in [2.05, 4.69) is 59.4 Å². The fourth-order valence-corrected chi connectivity index (χ4v) is 7.16. The molecule has 23 heteroatoms. The number of pyridine rings is 1. The van der Waals surface area contributed by atoms with E-state index in [1.54, 1.807) is 0 Å². The average Bonchev–Trinajstić information content (AvgIpc) is 3.32. The first-order valence-electron chi connectivity index (χ1n) is 17.8. The van der Waals surface area contributed by atoms with Crippen molar-refractivity contribution < 1.29 is 92.4 Å². The minimum Gasteiger partial charge on any atom is -0.207 e. The Bertz CT molecular complexity index is 2720. The summed E-state index contributed by atoms with van der Waals surface area (Å²) < 4.78 is 296.